The fourth-order valence-electron chi connectivity index (χ4n) is 4.94. The molecule has 2 fully saturated rings. The molecule has 2 bridgehead atoms. The summed E-state index contributed by atoms with van der Waals surface area (Å²) in [6.07, 6.45) is 8.63. The molecule has 0 radical (unpaired) electrons. The molecule has 2 saturated heterocycles. The van der Waals surface area contributed by atoms with E-state index < -0.39 is 0 Å². The Morgan fingerprint density at radius 1 is 1.13 bits per heavy atom. The van der Waals surface area contributed by atoms with Gasteiger partial charge in [-0.15, -0.1) is 12.4 Å². The second-order valence-electron chi connectivity index (χ2n) is 8.58. The number of hydrogen-bond acceptors (Lipinski definition) is 6. The van der Waals surface area contributed by atoms with Crippen LogP contribution >= 0.6 is 23.7 Å². The number of pyridine rings is 2. The van der Waals surface area contributed by atoms with Gasteiger partial charge in [0, 0.05) is 43.1 Å². The summed E-state index contributed by atoms with van der Waals surface area (Å²) in [7, 11) is 2.15. The summed E-state index contributed by atoms with van der Waals surface area (Å²) in [6, 6.07) is 7.22. The molecule has 4 aromatic heterocycles. The third kappa shape index (κ3) is 3.56. The van der Waals surface area contributed by atoms with Crippen molar-refractivity contribution in [3.05, 3.63) is 42.1 Å². The summed E-state index contributed by atoms with van der Waals surface area (Å²) < 4.78 is 16.2. The molecule has 1 N–H and O–H groups in total. The van der Waals surface area contributed by atoms with Crippen LogP contribution in [-0.4, -0.2) is 44.5 Å². The predicted molar refractivity (Wildman–Crippen MR) is 125 cm³/mol. The minimum Gasteiger partial charge on any atom is -0.348 e. The second kappa shape index (κ2) is 7.69. The summed E-state index contributed by atoms with van der Waals surface area (Å²) in [5, 5.41) is 4.71. The van der Waals surface area contributed by atoms with Crippen molar-refractivity contribution in [2.75, 3.05) is 11.9 Å². The number of fused-ring (bicyclic) bond motifs is 4. The molecule has 0 aromatic carbocycles. The number of anilines is 1. The smallest absolute Gasteiger partial charge is 0.187 e. The van der Waals surface area contributed by atoms with Crippen LogP contribution in [0.4, 0.5) is 9.52 Å². The molecule has 3 atom stereocenters. The number of nitrogens with one attached hydrogen (secondary N) is 1. The molecule has 0 saturated carbocycles. The summed E-state index contributed by atoms with van der Waals surface area (Å²) in [6.45, 7) is 1.86. The Bertz CT molecular complexity index is 1260. The van der Waals surface area contributed by atoms with Crippen LogP contribution < -0.4 is 10.2 Å². The number of hydrogen-bond donors (Lipinski definition) is 1. The Morgan fingerprint density at radius 2 is 1.90 bits per heavy atom. The van der Waals surface area contributed by atoms with Crippen molar-refractivity contribution in [3.63, 3.8) is 0 Å². The number of aryl methyl sites for hydroxylation is 1. The highest BCUT2D eigenvalue weighted by Gasteiger charge is 2.35. The Labute approximate surface area is 189 Å². The van der Waals surface area contributed by atoms with Crippen LogP contribution in [0, 0.1) is 12.7 Å². The average molecular weight is 459 g/mol. The van der Waals surface area contributed by atoms with Crippen LogP contribution in [-0.2, 0) is 0 Å². The average Bonchev–Trinajstić information content (AvgIpc) is 3.42. The van der Waals surface area contributed by atoms with Crippen molar-refractivity contribution >= 4 is 44.9 Å². The lowest BCUT2D eigenvalue weighted by atomic mass is 9.99. The third-order valence-corrected chi connectivity index (χ3v) is 7.52. The zero-order chi connectivity index (χ0) is 20.4. The maximum atomic E-state index is 14.5. The number of nitrogens with zero attached hydrogens (tertiary/aromatic N) is 5. The third-order valence-electron chi connectivity index (χ3n) is 6.46. The molecule has 0 unspecified atom stereocenters. The highest BCUT2D eigenvalue weighted by molar-refractivity contribution is 7.21. The van der Waals surface area contributed by atoms with Crippen molar-refractivity contribution in [3.8, 4) is 11.3 Å². The quantitative estimate of drug-likeness (QED) is 0.486. The highest BCUT2D eigenvalue weighted by Crippen LogP contribution is 2.35. The molecule has 6 rings (SSSR count). The van der Waals surface area contributed by atoms with Gasteiger partial charge in [0.25, 0.3) is 0 Å². The molecule has 4 aromatic rings. The van der Waals surface area contributed by atoms with E-state index in [1.807, 2.05) is 31.5 Å². The lowest BCUT2D eigenvalue weighted by Crippen LogP contribution is -2.47. The fourth-order valence-corrected chi connectivity index (χ4v) is 5.91. The van der Waals surface area contributed by atoms with Gasteiger partial charge in [0.05, 0.1) is 11.4 Å². The maximum absolute atomic E-state index is 14.5. The van der Waals surface area contributed by atoms with E-state index in [-0.39, 0.29) is 18.2 Å². The topological polar surface area (TPSA) is 58.4 Å². The van der Waals surface area contributed by atoms with Crippen LogP contribution in [0.1, 0.15) is 31.4 Å². The van der Waals surface area contributed by atoms with Gasteiger partial charge < -0.3 is 14.6 Å². The second-order valence-corrected chi connectivity index (χ2v) is 9.54. The zero-order valence-electron chi connectivity index (χ0n) is 17.4. The van der Waals surface area contributed by atoms with Gasteiger partial charge in [0.15, 0.2) is 16.6 Å². The van der Waals surface area contributed by atoms with Gasteiger partial charge in [-0.3, -0.25) is 0 Å². The van der Waals surface area contributed by atoms with Gasteiger partial charge in [0.1, 0.15) is 10.3 Å². The summed E-state index contributed by atoms with van der Waals surface area (Å²) in [4.78, 5) is 17.1. The van der Waals surface area contributed by atoms with Crippen molar-refractivity contribution in [2.45, 2.75) is 50.7 Å². The Hall–Kier alpha value is -2.29. The van der Waals surface area contributed by atoms with Crippen molar-refractivity contribution in [2.24, 2.45) is 0 Å². The highest BCUT2D eigenvalue weighted by atomic mass is 35.5. The van der Waals surface area contributed by atoms with Gasteiger partial charge in [-0.1, -0.05) is 11.3 Å². The van der Waals surface area contributed by atoms with E-state index in [9.17, 15) is 4.39 Å². The van der Waals surface area contributed by atoms with E-state index >= 15 is 0 Å². The number of rotatable bonds is 3. The standard InChI is InChI=1S/C22H23FN6S.ClH/c1-12-10-29-11-13(7-17(23)20(29)24-12)18-5-6-19-21(26-18)30-22(27-19)28(2)16-8-14-3-4-15(9-16)25-14;/h5-7,10-11,14-16,25H,3-4,8-9H2,1-2H3;1H/t14-,15+,16-;. The van der Waals surface area contributed by atoms with E-state index in [2.05, 4.69) is 22.2 Å². The first kappa shape index (κ1) is 20.6. The number of thiazole rings is 1. The van der Waals surface area contributed by atoms with Gasteiger partial charge >= 0.3 is 0 Å². The summed E-state index contributed by atoms with van der Waals surface area (Å²) in [5.74, 6) is -0.340. The van der Waals surface area contributed by atoms with Crippen LogP contribution in [0.2, 0.25) is 0 Å². The van der Waals surface area contributed by atoms with Gasteiger partial charge in [-0.2, -0.15) is 0 Å². The number of halogens is 2. The molecule has 2 aliphatic heterocycles. The van der Waals surface area contributed by atoms with E-state index in [0.717, 1.165) is 32.4 Å². The zero-order valence-corrected chi connectivity index (χ0v) is 19.0. The number of aromatic nitrogens is 4. The lowest BCUT2D eigenvalue weighted by Gasteiger charge is -2.35. The molecule has 9 heteroatoms. The van der Waals surface area contributed by atoms with E-state index in [0.29, 0.717) is 23.8 Å². The molecule has 31 heavy (non-hydrogen) atoms. The Kier molecular flexibility index (Phi) is 5.11. The van der Waals surface area contributed by atoms with Crippen LogP contribution in [0.15, 0.2) is 30.6 Å². The molecule has 2 aliphatic rings. The molecule has 162 valence electrons. The summed E-state index contributed by atoms with van der Waals surface area (Å²) >= 11 is 1.61. The maximum Gasteiger partial charge on any atom is 0.187 e. The van der Waals surface area contributed by atoms with Crippen molar-refractivity contribution in [1.29, 1.82) is 0 Å². The monoisotopic (exact) mass is 458 g/mol. The van der Waals surface area contributed by atoms with Gasteiger partial charge in [0.2, 0.25) is 0 Å². The van der Waals surface area contributed by atoms with Crippen molar-refractivity contribution < 1.29 is 4.39 Å². The molecular weight excluding hydrogens is 435 g/mol. The minimum absolute atomic E-state index is 0. The van der Waals surface area contributed by atoms with E-state index in [1.54, 1.807) is 15.7 Å². The number of imidazole rings is 1. The molecule has 0 spiro atoms. The molecule has 0 amide bonds. The van der Waals surface area contributed by atoms with Gasteiger partial charge in [-0.05, 0) is 50.8 Å². The fraction of sp³-hybridized carbons (Fsp3) is 0.409. The Balaban J connectivity index is 0.00000204. The first-order valence-electron chi connectivity index (χ1n) is 10.5. The molecule has 0 aliphatic carbocycles. The van der Waals surface area contributed by atoms with E-state index in [4.69, 9.17) is 9.97 Å². The van der Waals surface area contributed by atoms with Crippen LogP contribution in [0.25, 0.3) is 27.3 Å². The van der Waals surface area contributed by atoms with Crippen LogP contribution in [0.5, 0.6) is 0 Å². The number of piperidine rings is 1. The SMILES string of the molecule is Cc1cn2cc(-c3ccc4nc(N(C)[C@@H]5C[C@H]6CC[C@@H](C5)N6)sc4n3)cc(F)c2n1.Cl. The molecular formula is C22H24ClFN6S. The van der Waals surface area contributed by atoms with Crippen molar-refractivity contribution in [1.82, 2.24) is 24.7 Å². The minimum atomic E-state index is -0.340. The molecule has 6 nitrogen and oxygen atoms in total. The Morgan fingerprint density at radius 3 is 2.68 bits per heavy atom. The predicted octanol–water partition coefficient (Wildman–Crippen LogP) is 4.59. The summed E-state index contributed by atoms with van der Waals surface area (Å²) in [5.41, 5.74) is 3.50. The van der Waals surface area contributed by atoms with Gasteiger partial charge in [-0.25, -0.2) is 19.3 Å². The first-order chi connectivity index (χ1) is 14.5. The molecule has 6 heterocycles. The largest absolute Gasteiger partial charge is 0.348 e. The first-order valence-corrected chi connectivity index (χ1v) is 11.3. The lowest BCUT2D eigenvalue weighted by molar-refractivity contribution is 0.354. The normalized spacial score (nSPS) is 22.7. The van der Waals surface area contributed by atoms with E-state index in [1.165, 1.54) is 31.7 Å². The van der Waals surface area contributed by atoms with Crippen LogP contribution in [0.3, 0.4) is 0 Å².